The summed E-state index contributed by atoms with van der Waals surface area (Å²) in [5, 5.41) is 3.45. The third-order valence-corrected chi connectivity index (χ3v) is 3.11. The van der Waals surface area contributed by atoms with E-state index in [0.717, 1.165) is 21.9 Å². The van der Waals surface area contributed by atoms with Gasteiger partial charge in [-0.15, -0.1) is 0 Å². The molecule has 0 fully saturated rings. The third-order valence-electron chi connectivity index (χ3n) is 3.11. The molecular formula is C14H9N3. The highest BCUT2D eigenvalue weighted by atomic mass is 15.0. The molecule has 0 aliphatic carbocycles. The molecular weight excluding hydrogens is 210 g/mol. The van der Waals surface area contributed by atoms with Crippen molar-refractivity contribution in [1.82, 2.24) is 14.4 Å². The van der Waals surface area contributed by atoms with E-state index in [4.69, 9.17) is 0 Å². The molecule has 0 radical (unpaired) electrons. The fraction of sp³-hybridized carbons (Fsp3) is 0. The quantitative estimate of drug-likeness (QED) is 0.425. The number of pyridine rings is 2. The zero-order chi connectivity index (χ0) is 11.2. The second-order valence-electron chi connectivity index (χ2n) is 4.08. The van der Waals surface area contributed by atoms with E-state index < -0.39 is 0 Å². The first-order chi connectivity index (χ1) is 8.43. The largest absolute Gasteiger partial charge is 0.307 e. The molecule has 0 saturated carbocycles. The Kier molecular flexibility index (Phi) is 1.56. The second-order valence-corrected chi connectivity index (χ2v) is 4.08. The molecule has 80 valence electrons. The molecule has 0 bridgehead atoms. The van der Waals surface area contributed by atoms with Crippen LogP contribution in [0.4, 0.5) is 0 Å². The first-order valence-corrected chi connectivity index (χ1v) is 5.52. The molecule has 0 amide bonds. The van der Waals surface area contributed by atoms with Crippen molar-refractivity contribution < 1.29 is 0 Å². The van der Waals surface area contributed by atoms with Gasteiger partial charge in [0, 0.05) is 40.9 Å². The van der Waals surface area contributed by atoms with E-state index in [1.165, 1.54) is 5.39 Å². The zero-order valence-corrected chi connectivity index (χ0v) is 9.04. The van der Waals surface area contributed by atoms with Crippen molar-refractivity contribution >= 4 is 27.3 Å². The molecule has 0 N–H and O–H groups in total. The molecule has 4 rings (SSSR count). The first-order valence-electron chi connectivity index (χ1n) is 5.52. The van der Waals surface area contributed by atoms with Crippen LogP contribution in [0.2, 0.25) is 0 Å². The Labute approximate surface area is 97.4 Å². The van der Waals surface area contributed by atoms with Crippen molar-refractivity contribution in [3.05, 3.63) is 55.1 Å². The maximum atomic E-state index is 4.46. The number of rotatable bonds is 0. The highest BCUT2D eigenvalue weighted by molar-refractivity contribution is 6.11. The predicted octanol–water partition coefficient (Wildman–Crippen LogP) is 3.04. The van der Waals surface area contributed by atoms with Crippen LogP contribution in [-0.2, 0) is 0 Å². The SMILES string of the molecule is c1ccc2c(c1)ncc1ccn3ccnc3c12. The van der Waals surface area contributed by atoms with E-state index in [2.05, 4.69) is 22.1 Å². The molecule has 0 aliphatic rings. The van der Waals surface area contributed by atoms with Gasteiger partial charge in [-0.1, -0.05) is 18.2 Å². The summed E-state index contributed by atoms with van der Waals surface area (Å²) in [6.07, 6.45) is 7.71. The minimum Gasteiger partial charge on any atom is -0.307 e. The van der Waals surface area contributed by atoms with Gasteiger partial charge in [0.25, 0.3) is 0 Å². The van der Waals surface area contributed by atoms with Crippen molar-refractivity contribution in [2.75, 3.05) is 0 Å². The van der Waals surface area contributed by atoms with Crippen LogP contribution in [0.1, 0.15) is 0 Å². The smallest absolute Gasteiger partial charge is 0.145 e. The average molecular weight is 219 g/mol. The number of benzene rings is 1. The minimum absolute atomic E-state index is 0.987. The molecule has 0 unspecified atom stereocenters. The Morgan fingerprint density at radius 3 is 2.88 bits per heavy atom. The maximum absolute atomic E-state index is 4.46. The summed E-state index contributed by atoms with van der Waals surface area (Å²) < 4.78 is 2.04. The topological polar surface area (TPSA) is 30.2 Å². The van der Waals surface area contributed by atoms with E-state index in [0.29, 0.717) is 0 Å². The average Bonchev–Trinajstić information content (AvgIpc) is 2.86. The van der Waals surface area contributed by atoms with Gasteiger partial charge in [0.2, 0.25) is 0 Å². The molecule has 1 aromatic carbocycles. The van der Waals surface area contributed by atoms with Crippen molar-refractivity contribution in [3.63, 3.8) is 0 Å². The van der Waals surface area contributed by atoms with Gasteiger partial charge in [0.15, 0.2) is 0 Å². The number of fused-ring (bicyclic) bond motifs is 5. The number of imidazole rings is 1. The molecule has 3 heterocycles. The summed E-state index contributed by atoms with van der Waals surface area (Å²) in [5.41, 5.74) is 2.00. The fourth-order valence-electron chi connectivity index (χ4n) is 2.32. The van der Waals surface area contributed by atoms with Gasteiger partial charge in [-0.25, -0.2) is 4.98 Å². The third kappa shape index (κ3) is 1.11. The summed E-state index contributed by atoms with van der Waals surface area (Å²) in [7, 11) is 0. The van der Waals surface area contributed by atoms with Crippen molar-refractivity contribution in [2.24, 2.45) is 0 Å². The van der Waals surface area contributed by atoms with E-state index >= 15 is 0 Å². The van der Waals surface area contributed by atoms with Crippen LogP contribution >= 0.6 is 0 Å². The van der Waals surface area contributed by atoms with E-state index in [-0.39, 0.29) is 0 Å². The molecule has 17 heavy (non-hydrogen) atoms. The normalized spacial score (nSPS) is 11.5. The van der Waals surface area contributed by atoms with Gasteiger partial charge in [0.1, 0.15) is 5.65 Å². The molecule has 0 aliphatic heterocycles. The predicted molar refractivity (Wildman–Crippen MR) is 68.0 cm³/mol. The zero-order valence-electron chi connectivity index (χ0n) is 9.04. The van der Waals surface area contributed by atoms with Gasteiger partial charge in [-0.2, -0.15) is 0 Å². The van der Waals surface area contributed by atoms with Gasteiger partial charge < -0.3 is 4.40 Å². The van der Waals surface area contributed by atoms with Crippen LogP contribution in [0.25, 0.3) is 27.3 Å². The second kappa shape index (κ2) is 3.04. The number of nitrogens with zero attached hydrogens (tertiary/aromatic N) is 3. The lowest BCUT2D eigenvalue weighted by atomic mass is 10.1. The molecule has 0 spiro atoms. The Morgan fingerprint density at radius 1 is 0.941 bits per heavy atom. The number of para-hydroxylation sites is 1. The number of hydrogen-bond donors (Lipinski definition) is 0. The molecule has 4 aromatic rings. The van der Waals surface area contributed by atoms with Crippen molar-refractivity contribution in [1.29, 1.82) is 0 Å². The Balaban J connectivity index is 2.41. The Morgan fingerprint density at radius 2 is 1.88 bits per heavy atom. The van der Waals surface area contributed by atoms with E-state index in [9.17, 15) is 0 Å². The van der Waals surface area contributed by atoms with Gasteiger partial charge >= 0.3 is 0 Å². The molecule has 3 aromatic heterocycles. The monoisotopic (exact) mass is 219 g/mol. The molecule has 3 heteroatoms. The summed E-state index contributed by atoms with van der Waals surface area (Å²) >= 11 is 0. The summed E-state index contributed by atoms with van der Waals surface area (Å²) in [6.45, 7) is 0. The lowest BCUT2D eigenvalue weighted by Gasteiger charge is -2.04. The highest BCUT2D eigenvalue weighted by Crippen LogP contribution is 2.26. The summed E-state index contributed by atoms with van der Waals surface area (Å²) in [4.78, 5) is 8.90. The molecule has 0 atom stereocenters. The standard InChI is InChI=1S/C14H9N3/c1-2-4-12-11(3-1)13-10(9-16-12)5-7-17-8-6-15-14(13)17/h1-9H. The summed E-state index contributed by atoms with van der Waals surface area (Å²) in [6, 6.07) is 10.2. The Bertz CT molecular complexity index is 846. The Hall–Kier alpha value is -2.42. The maximum Gasteiger partial charge on any atom is 0.145 e. The number of hydrogen-bond acceptors (Lipinski definition) is 2. The fourth-order valence-corrected chi connectivity index (χ4v) is 2.32. The van der Waals surface area contributed by atoms with Crippen molar-refractivity contribution in [3.8, 4) is 0 Å². The van der Waals surface area contributed by atoms with Crippen LogP contribution in [0, 0.1) is 0 Å². The molecule has 3 nitrogen and oxygen atoms in total. The summed E-state index contributed by atoms with van der Waals surface area (Å²) in [5.74, 6) is 0. The van der Waals surface area contributed by atoms with E-state index in [1.807, 2.05) is 47.4 Å². The highest BCUT2D eigenvalue weighted by Gasteiger charge is 2.06. The van der Waals surface area contributed by atoms with Gasteiger partial charge in [0.05, 0.1) is 5.52 Å². The first kappa shape index (κ1) is 8.70. The van der Waals surface area contributed by atoms with Crippen LogP contribution in [0.5, 0.6) is 0 Å². The lowest BCUT2D eigenvalue weighted by Crippen LogP contribution is -1.88. The van der Waals surface area contributed by atoms with Crippen molar-refractivity contribution in [2.45, 2.75) is 0 Å². The van der Waals surface area contributed by atoms with Gasteiger partial charge in [-0.3, -0.25) is 4.98 Å². The van der Waals surface area contributed by atoms with Gasteiger partial charge in [-0.05, 0) is 12.1 Å². The van der Waals surface area contributed by atoms with E-state index in [1.54, 1.807) is 0 Å². The van der Waals surface area contributed by atoms with Crippen LogP contribution < -0.4 is 0 Å². The van der Waals surface area contributed by atoms with Crippen LogP contribution in [0.3, 0.4) is 0 Å². The van der Waals surface area contributed by atoms with Crippen LogP contribution in [-0.4, -0.2) is 14.4 Å². The molecule has 0 saturated heterocycles. The lowest BCUT2D eigenvalue weighted by molar-refractivity contribution is 1.20. The minimum atomic E-state index is 0.987. The number of aromatic nitrogens is 3. The van der Waals surface area contributed by atoms with Crippen LogP contribution in [0.15, 0.2) is 55.1 Å².